The number of benzene rings is 1. The zero-order valence-corrected chi connectivity index (χ0v) is 12.0. The average Bonchev–Trinajstić information content (AvgIpc) is 2.78. The van der Waals surface area contributed by atoms with E-state index in [0.29, 0.717) is 6.10 Å². The van der Waals surface area contributed by atoms with Crippen molar-refractivity contribution < 1.29 is 4.74 Å². The van der Waals surface area contributed by atoms with Crippen molar-refractivity contribution in [3.8, 4) is 5.75 Å². The molecule has 1 aliphatic rings. The summed E-state index contributed by atoms with van der Waals surface area (Å²) in [7, 11) is 2.03. The number of rotatable bonds is 4. The highest BCUT2D eigenvalue weighted by Gasteiger charge is 2.26. The quantitative estimate of drug-likeness (QED) is 0.880. The molecule has 1 aromatic carbocycles. The normalized spacial score (nSPS) is 23.3. The molecule has 0 bridgehead atoms. The predicted octanol–water partition coefficient (Wildman–Crippen LogP) is 3.38. The molecule has 0 heterocycles. The molecule has 0 aliphatic heterocycles. The summed E-state index contributed by atoms with van der Waals surface area (Å²) >= 11 is 0. The third-order valence-electron chi connectivity index (χ3n) is 4.14. The van der Waals surface area contributed by atoms with Gasteiger partial charge in [0.05, 0.1) is 6.10 Å². The first-order valence-electron chi connectivity index (χ1n) is 7.00. The van der Waals surface area contributed by atoms with E-state index in [1.165, 1.54) is 36.0 Å². The van der Waals surface area contributed by atoms with Crippen molar-refractivity contribution >= 4 is 0 Å². The average molecular weight is 247 g/mol. The largest absolute Gasteiger partial charge is 0.490 e. The van der Waals surface area contributed by atoms with E-state index in [0.717, 1.165) is 18.2 Å². The fraction of sp³-hybridized carbons (Fsp3) is 0.625. The first kappa shape index (κ1) is 13.4. The zero-order valence-electron chi connectivity index (χ0n) is 12.0. The molecule has 2 atom stereocenters. The van der Waals surface area contributed by atoms with Crippen molar-refractivity contribution in [1.82, 2.24) is 5.32 Å². The summed E-state index contributed by atoms with van der Waals surface area (Å²) in [6.07, 6.45) is 4.07. The number of ether oxygens (including phenoxy) is 1. The van der Waals surface area contributed by atoms with E-state index in [-0.39, 0.29) is 0 Å². The van der Waals surface area contributed by atoms with Crippen LogP contribution in [0.15, 0.2) is 12.1 Å². The van der Waals surface area contributed by atoms with Crippen molar-refractivity contribution in [3.05, 3.63) is 28.8 Å². The minimum atomic E-state index is 0.405. The van der Waals surface area contributed by atoms with Gasteiger partial charge in [0.15, 0.2) is 0 Å². The third-order valence-corrected chi connectivity index (χ3v) is 4.14. The van der Waals surface area contributed by atoms with Crippen LogP contribution in [0.4, 0.5) is 0 Å². The van der Waals surface area contributed by atoms with Gasteiger partial charge in [-0.25, -0.2) is 0 Å². The third kappa shape index (κ3) is 2.86. The molecule has 18 heavy (non-hydrogen) atoms. The van der Waals surface area contributed by atoms with Gasteiger partial charge in [-0.2, -0.15) is 0 Å². The molecule has 1 aromatic rings. The van der Waals surface area contributed by atoms with Crippen LogP contribution in [0.2, 0.25) is 0 Å². The number of hydrogen-bond acceptors (Lipinski definition) is 2. The lowest BCUT2D eigenvalue weighted by Gasteiger charge is -2.19. The Balaban J connectivity index is 2.04. The molecule has 2 unspecified atom stereocenters. The van der Waals surface area contributed by atoms with Crippen LogP contribution in [-0.4, -0.2) is 19.7 Å². The zero-order chi connectivity index (χ0) is 13.1. The maximum absolute atomic E-state index is 6.27. The fourth-order valence-electron chi connectivity index (χ4n) is 2.88. The molecule has 2 rings (SSSR count). The van der Waals surface area contributed by atoms with E-state index < -0.39 is 0 Å². The second-order valence-electron chi connectivity index (χ2n) is 5.63. The molecule has 1 saturated carbocycles. The Morgan fingerprint density at radius 3 is 2.61 bits per heavy atom. The van der Waals surface area contributed by atoms with Crippen molar-refractivity contribution in [2.75, 3.05) is 13.6 Å². The van der Waals surface area contributed by atoms with Gasteiger partial charge < -0.3 is 10.1 Å². The molecule has 1 N–H and O–H groups in total. The van der Waals surface area contributed by atoms with Crippen LogP contribution in [0.25, 0.3) is 0 Å². The Hall–Kier alpha value is -1.02. The molecular formula is C16H25NO. The van der Waals surface area contributed by atoms with E-state index in [4.69, 9.17) is 4.74 Å². The second kappa shape index (κ2) is 5.75. The van der Waals surface area contributed by atoms with Crippen LogP contribution >= 0.6 is 0 Å². The van der Waals surface area contributed by atoms with Gasteiger partial charge in [0.1, 0.15) is 5.75 Å². The van der Waals surface area contributed by atoms with Gasteiger partial charge in [0.2, 0.25) is 0 Å². The standard InChI is InChI=1S/C16H25NO/c1-11-5-6-12(2)16(13(11)3)18-15-8-7-14(9-15)10-17-4/h5-6,14-15,17H,7-10H2,1-4H3. The molecular weight excluding hydrogens is 222 g/mol. The summed E-state index contributed by atoms with van der Waals surface area (Å²) < 4.78 is 6.27. The number of hydrogen-bond donors (Lipinski definition) is 1. The second-order valence-corrected chi connectivity index (χ2v) is 5.63. The van der Waals surface area contributed by atoms with Crippen LogP contribution in [0.5, 0.6) is 5.75 Å². The predicted molar refractivity (Wildman–Crippen MR) is 76.3 cm³/mol. The molecule has 0 amide bonds. The Morgan fingerprint density at radius 1 is 1.17 bits per heavy atom. The summed E-state index contributed by atoms with van der Waals surface area (Å²) in [6, 6.07) is 4.34. The van der Waals surface area contributed by atoms with Gasteiger partial charge in [-0.3, -0.25) is 0 Å². The monoisotopic (exact) mass is 247 g/mol. The smallest absolute Gasteiger partial charge is 0.125 e. The van der Waals surface area contributed by atoms with Gasteiger partial charge >= 0.3 is 0 Å². The van der Waals surface area contributed by atoms with E-state index in [9.17, 15) is 0 Å². The maximum Gasteiger partial charge on any atom is 0.125 e. The molecule has 0 radical (unpaired) electrons. The summed E-state index contributed by atoms with van der Waals surface area (Å²) in [5.41, 5.74) is 3.88. The Morgan fingerprint density at radius 2 is 1.89 bits per heavy atom. The molecule has 2 nitrogen and oxygen atoms in total. The lowest BCUT2D eigenvalue weighted by atomic mass is 10.0. The van der Waals surface area contributed by atoms with Crippen LogP contribution in [0.3, 0.4) is 0 Å². The van der Waals surface area contributed by atoms with Crippen molar-refractivity contribution in [2.45, 2.75) is 46.1 Å². The van der Waals surface area contributed by atoms with Crippen molar-refractivity contribution in [3.63, 3.8) is 0 Å². The first-order chi connectivity index (χ1) is 8.61. The summed E-state index contributed by atoms with van der Waals surface area (Å²) in [6.45, 7) is 7.57. The van der Waals surface area contributed by atoms with Crippen molar-refractivity contribution in [1.29, 1.82) is 0 Å². The highest BCUT2D eigenvalue weighted by Crippen LogP contribution is 2.32. The Labute approximate surface area is 111 Å². The molecule has 1 fully saturated rings. The molecule has 0 aromatic heterocycles. The number of aryl methyl sites for hydroxylation is 2. The fourth-order valence-corrected chi connectivity index (χ4v) is 2.88. The minimum absolute atomic E-state index is 0.405. The van der Waals surface area contributed by atoms with E-state index in [2.05, 4.69) is 38.2 Å². The van der Waals surface area contributed by atoms with Gasteiger partial charge in [0.25, 0.3) is 0 Å². The first-order valence-corrected chi connectivity index (χ1v) is 7.00. The lowest BCUT2D eigenvalue weighted by Crippen LogP contribution is -2.19. The van der Waals surface area contributed by atoms with Crippen LogP contribution in [0, 0.1) is 26.7 Å². The Bertz CT molecular complexity index is 414. The SMILES string of the molecule is CNCC1CCC(Oc2c(C)ccc(C)c2C)C1. The Kier molecular flexibility index (Phi) is 4.28. The molecule has 100 valence electrons. The van der Waals surface area contributed by atoms with Crippen LogP contribution in [-0.2, 0) is 0 Å². The molecule has 0 saturated heterocycles. The molecule has 0 spiro atoms. The summed E-state index contributed by atoms with van der Waals surface area (Å²) in [4.78, 5) is 0. The summed E-state index contributed by atoms with van der Waals surface area (Å²) in [5, 5.41) is 3.27. The topological polar surface area (TPSA) is 21.3 Å². The highest BCUT2D eigenvalue weighted by molar-refractivity contribution is 5.44. The van der Waals surface area contributed by atoms with Crippen LogP contribution in [0.1, 0.15) is 36.0 Å². The highest BCUT2D eigenvalue weighted by atomic mass is 16.5. The van der Waals surface area contributed by atoms with E-state index in [1.54, 1.807) is 0 Å². The van der Waals surface area contributed by atoms with Crippen LogP contribution < -0.4 is 10.1 Å². The van der Waals surface area contributed by atoms with Gasteiger partial charge in [-0.15, -0.1) is 0 Å². The van der Waals surface area contributed by atoms with Gasteiger partial charge in [0, 0.05) is 0 Å². The van der Waals surface area contributed by atoms with Gasteiger partial charge in [-0.1, -0.05) is 12.1 Å². The number of nitrogens with one attached hydrogen (secondary N) is 1. The summed E-state index contributed by atoms with van der Waals surface area (Å²) in [5.74, 6) is 1.90. The maximum atomic E-state index is 6.27. The minimum Gasteiger partial charge on any atom is -0.490 e. The van der Waals surface area contributed by atoms with E-state index in [1.807, 2.05) is 7.05 Å². The molecule has 2 heteroatoms. The molecule has 1 aliphatic carbocycles. The lowest BCUT2D eigenvalue weighted by molar-refractivity contribution is 0.201. The van der Waals surface area contributed by atoms with E-state index >= 15 is 0 Å². The van der Waals surface area contributed by atoms with Crippen molar-refractivity contribution in [2.24, 2.45) is 5.92 Å². The van der Waals surface area contributed by atoms with Gasteiger partial charge in [-0.05, 0) is 76.2 Å².